The second-order valence-electron chi connectivity index (χ2n) is 8.39. The molecule has 3 rings (SSSR count). The van der Waals surface area contributed by atoms with Gasteiger partial charge in [-0.3, -0.25) is 9.59 Å². The van der Waals surface area contributed by atoms with Crippen LogP contribution in [0.3, 0.4) is 0 Å². The molecule has 1 saturated carbocycles. The number of hydrogen-bond donors (Lipinski definition) is 1. The zero-order chi connectivity index (χ0) is 19.4. The average Bonchev–Trinajstić information content (AvgIpc) is 2.70. The summed E-state index contributed by atoms with van der Waals surface area (Å²) in [6.07, 6.45) is 7.90. The lowest BCUT2D eigenvalue weighted by Gasteiger charge is -2.39. The second kappa shape index (κ2) is 8.90. The van der Waals surface area contributed by atoms with Crippen LogP contribution >= 0.6 is 0 Å². The number of nitrogens with one attached hydrogen (secondary N) is 1. The predicted octanol–water partition coefficient (Wildman–Crippen LogP) is 4.84. The van der Waals surface area contributed by atoms with Crippen LogP contribution < -0.4 is 5.32 Å². The van der Waals surface area contributed by atoms with Crippen molar-refractivity contribution in [3.05, 3.63) is 29.3 Å². The first-order valence-electron chi connectivity index (χ1n) is 10.7. The summed E-state index contributed by atoms with van der Waals surface area (Å²) in [6, 6.07) is 6.50. The van der Waals surface area contributed by atoms with Crippen molar-refractivity contribution in [3.8, 4) is 0 Å². The van der Waals surface area contributed by atoms with Crippen LogP contribution in [0.15, 0.2) is 18.2 Å². The van der Waals surface area contributed by atoms with E-state index in [1.165, 1.54) is 6.42 Å². The number of para-hydroxylation sites is 1. The second-order valence-corrected chi connectivity index (χ2v) is 8.39. The van der Waals surface area contributed by atoms with Gasteiger partial charge in [0.1, 0.15) is 0 Å². The Balaban J connectivity index is 1.55. The molecule has 1 aliphatic carbocycles. The molecule has 2 aliphatic rings. The van der Waals surface area contributed by atoms with Crippen molar-refractivity contribution >= 4 is 17.5 Å². The standard InChI is InChI=1S/C23H34N2O2/c1-4-20-10-5-6-15-25(20)23(27)19-13-11-18(12-14-19)22(26)24-21-16(2)8-7-9-17(21)3/h7-9,18-20H,4-6,10-15H2,1-3H3,(H,24,26). The van der Waals surface area contributed by atoms with Gasteiger partial charge in [-0.15, -0.1) is 0 Å². The van der Waals surface area contributed by atoms with E-state index < -0.39 is 0 Å². The molecule has 1 aliphatic heterocycles. The van der Waals surface area contributed by atoms with Gasteiger partial charge in [0.2, 0.25) is 11.8 Å². The van der Waals surface area contributed by atoms with Crippen molar-refractivity contribution in [3.63, 3.8) is 0 Å². The molecule has 0 bridgehead atoms. The Morgan fingerprint density at radius 1 is 1.00 bits per heavy atom. The van der Waals surface area contributed by atoms with Gasteiger partial charge in [0.25, 0.3) is 0 Å². The zero-order valence-electron chi connectivity index (χ0n) is 17.1. The Morgan fingerprint density at radius 2 is 1.63 bits per heavy atom. The lowest BCUT2D eigenvalue weighted by atomic mass is 9.80. The summed E-state index contributed by atoms with van der Waals surface area (Å²) in [4.78, 5) is 27.9. The molecular formula is C23H34N2O2. The number of hydrogen-bond acceptors (Lipinski definition) is 2. The van der Waals surface area contributed by atoms with Crippen molar-refractivity contribution < 1.29 is 9.59 Å². The van der Waals surface area contributed by atoms with Gasteiger partial charge in [-0.05, 0) is 76.3 Å². The van der Waals surface area contributed by atoms with Crippen molar-refractivity contribution in [1.29, 1.82) is 0 Å². The van der Waals surface area contributed by atoms with Crippen LogP contribution in [0, 0.1) is 25.7 Å². The van der Waals surface area contributed by atoms with Crippen molar-refractivity contribution in [2.75, 3.05) is 11.9 Å². The van der Waals surface area contributed by atoms with Gasteiger partial charge in [-0.1, -0.05) is 25.1 Å². The van der Waals surface area contributed by atoms with Crippen LogP contribution in [0.25, 0.3) is 0 Å². The molecule has 4 nitrogen and oxygen atoms in total. The van der Waals surface area contributed by atoms with Crippen LogP contribution in [0.5, 0.6) is 0 Å². The predicted molar refractivity (Wildman–Crippen MR) is 110 cm³/mol. The summed E-state index contributed by atoms with van der Waals surface area (Å²) in [5.41, 5.74) is 3.14. The average molecular weight is 371 g/mol. The first kappa shape index (κ1) is 19.9. The maximum atomic E-state index is 13.0. The Kier molecular flexibility index (Phi) is 6.56. The minimum atomic E-state index is 0.0244. The number of aryl methyl sites for hydroxylation is 2. The highest BCUT2D eigenvalue weighted by atomic mass is 16.2. The third-order valence-electron chi connectivity index (χ3n) is 6.56. The smallest absolute Gasteiger partial charge is 0.227 e. The first-order chi connectivity index (χ1) is 13.0. The van der Waals surface area contributed by atoms with E-state index in [9.17, 15) is 9.59 Å². The fourth-order valence-electron chi connectivity index (χ4n) is 4.79. The fourth-order valence-corrected chi connectivity index (χ4v) is 4.79. The van der Waals surface area contributed by atoms with Crippen LogP contribution in [-0.4, -0.2) is 29.3 Å². The molecule has 0 aromatic heterocycles. The van der Waals surface area contributed by atoms with Crippen LogP contribution in [0.1, 0.15) is 69.4 Å². The molecule has 4 heteroatoms. The van der Waals surface area contributed by atoms with E-state index in [-0.39, 0.29) is 17.7 Å². The number of nitrogens with zero attached hydrogens (tertiary/aromatic N) is 1. The molecule has 1 aromatic rings. The molecule has 2 fully saturated rings. The number of rotatable bonds is 4. The SMILES string of the molecule is CCC1CCCCN1C(=O)C1CCC(C(=O)Nc2c(C)cccc2C)CC1. The maximum Gasteiger partial charge on any atom is 0.227 e. The molecule has 148 valence electrons. The molecule has 1 aromatic carbocycles. The van der Waals surface area contributed by atoms with Crippen molar-refractivity contribution in [1.82, 2.24) is 4.90 Å². The maximum absolute atomic E-state index is 13.0. The Labute approximate surface area is 163 Å². The third kappa shape index (κ3) is 4.53. The van der Waals surface area contributed by atoms with E-state index in [2.05, 4.69) is 17.1 Å². The number of benzene rings is 1. The summed E-state index contributed by atoms with van der Waals surface area (Å²) >= 11 is 0. The minimum Gasteiger partial charge on any atom is -0.339 e. The Bertz CT molecular complexity index is 657. The highest BCUT2D eigenvalue weighted by molar-refractivity contribution is 5.94. The summed E-state index contributed by atoms with van der Waals surface area (Å²) in [5.74, 6) is 0.593. The molecule has 0 radical (unpaired) electrons. The number of piperidine rings is 1. The molecule has 1 N–H and O–H groups in total. The molecular weight excluding hydrogens is 336 g/mol. The molecule has 1 saturated heterocycles. The van der Waals surface area contributed by atoms with Gasteiger partial charge in [-0.2, -0.15) is 0 Å². The number of carbonyl (C=O) groups excluding carboxylic acids is 2. The number of likely N-dealkylation sites (tertiary alicyclic amines) is 1. The van der Waals surface area contributed by atoms with E-state index >= 15 is 0 Å². The van der Waals surface area contributed by atoms with E-state index in [1.807, 2.05) is 32.0 Å². The summed E-state index contributed by atoms with van der Waals surface area (Å²) in [5, 5.41) is 3.14. The van der Waals surface area contributed by atoms with E-state index in [0.29, 0.717) is 11.9 Å². The fraction of sp³-hybridized carbons (Fsp3) is 0.652. The summed E-state index contributed by atoms with van der Waals surface area (Å²) in [6.45, 7) is 7.16. The molecule has 1 heterocycles. The Morgan fingerprint density at radius 3 is 2.26 bits per heavy atom. The Hall–Kier alpha value is -1.84. The third-order valence-corrected chi connectivity index (χ3v) is 6.56. The first-order valence-corrected chi connectivity index (χ1v) is 10.7. The van der Waals surface area contributed by atoms with Crippen molar-refractivity contribution in [2.45, 2.75) is 78.2 Å². The molecule has 27 heavy (non-hydrogen) atoms. The highest BCUT2D eigenvalue weighted by Gasteiger charge is 2.35. The van der Waals surface area contributed by atoms with Crippen molar-refractivity contribution in [2.24, 2.45) is 11.8 Å². The van der Waals surface area contributed by atoms with Crippen LogP contribution in [0.4, 0.5) is 5.69 Å². The summed E-state index contributed by atoms with van der Waals surface area (Å²) in [7, 11) is 0. The van der Waals surface area contributed by atoms with Gasteiger partial charge in [-0.25, -0.2) is 0 Å². The largest absolute Gasteiger partial charge is 0.339 e. The van der Waals surface area contributed by atoms with Crippen LogP contribution in [0.2, 0.25) is 0 Å². The molecule has 1 unspecified atom stereocenters. The quantitative estimate of drug-likeness (QED) is 0.824. The normalized spacial score (nSPS) is 25.9. The highest BCUT2D eigenvalue weighted by Crippen LogP contribution is 2.33. The number of carbonyl (C=O) groups is 2. The monoisotopic (exact) mass is 370 g/mol. The minimum absolute atomic E-state index is 0.0244. The van der Waals surface area contributed by atoms with Gasteiger partial charge >= 0.3 is 0 Å². The summed E-state index contributed by atoms with van der Waals surface area (Å²) < 4.78 is 0. The van der Waals surface area contributed by atoms with Gasteiger partial charge in [0.15, 0.2) is 0 Å². The topological polar surface area (TPSA) is 49.4 Å². The lowest BCUT2D eigenvalue weighted by molar-refractivity contribution is -0.141. The molecule has 0 spiro atoms. The van der Waals surface area contributed by atoms with Gasteiger partial charge < -0.3 is 10.2 Å². The number of anilines is 1. The molecule has 2 amide bonds. The van der Waals surface area contributed by atoms with Gasteiger partial charge in [0.05, 0.1) is 0 Å². The van der Waals surface area contributed by atoms with Crippen LogP contribution in [-0.2, 0) is 9.59 Å². The lowest BCUT2D eigenvalue weighted by Crippen LogP contribution is -2.47. The zero-order valence-corrected chi connectivity index (χ0v) is 17.1. The number of amides is 2. The molecule has 1 atom stereocenters. The van der Waals surface area contributed by atoms with E-state index in [1.54, 1.807) is 0 Å². The van der Waals surface area contributed by atoms with E-state index in [0.717, 1.165) is 68.3 Å². The van der Waals surface area contributed by atoms with Gasteiger partial charge in [0, 0.05) is 30.1 Å². The van der Waals surface area contributed by atoms with E-state index in [4.69, 9.17) is 0 Å².